The summed E-state index contributed by atoms with van der Waals surface area (Å²) in [6.45, 7) is 7.21. The number of nitrogens with zero attached hydrogens (tertiary/aromatic N) is 1. The van der Waals surface area contributed by atoms with E-state index in [0.717, 1.165) is 0 Å². The first kappa shape index (κ1) is 12.4. The Hall–Kier alpha value is -0.650. The Labute approximate surface area is 90.2 Å². The number of hydrogen-bond donors (Lipinski definition) is 2. The summed E-state index contributed by atoms with van der Waals surface area (Å²) in [4.78, 5) is 12.9. The summed E-state index contributed by atoms with van der Waals surface area (Å²) < 4.78 is 5.49. The van der Waals surface area contributed by atoms with Crippen LogP contribution in [0.5, 0.6) is 0 Å². The van der Waals surface area contributed by atoms with Gasteiger partial charge in [-0.25, -0.2) is 0 Å². The minimum Gasteiger partial charge on any atom is -0.480 e. The number of rotatable bonds is 3. The zero-order chi connectivity index (χ0) is 11.6. The normalized spacial score (nSPS) is 28.7. The first-order chi connectivity index (χ1) is 6.82. The summed E-state index contributed by atoms with van der Waals surface area (Å²) in [6, 6.07) is -0.593. The van der Waals surface area contributed by atoms with Gasteiger partial charge in [0.15, 0.2) is 0 Å². The van der Waals surface area contributed by atoms with Crippen molar-refractivity contribution in [1.29, 1.82) is 0 Å². The van der Waals surface area contributed by atoms with Crippen molar-refractivity contribution >= 4 is 5.97 Å². The van der Waals surface area contributed by atoms with E-state index in [1.54, 1.807) is 0 Å². The zero-order valence-corrected chi connectivity index (χ0v) is 9.56. The summed E-state index contributed by atoms with van der Waals surface area (Å²) in [5.41, 5.74) is 5.41. The predicted molar refractivity (Wildman–Crippen MR) is 56.7 cm³/mol. The monoisotopic (exact) mass is 216 g/mol. The molecule has 1 saturated heterocycles. The van der Waals surface area contributed by atoms with Crippen molar-refractivity contribution in [2.75, 3.05) is 19.7 Å². The quantitative estimate of drug-likeness (QED) is 0.689. The highest BCUT2D eigenvalue weighted by atomic mass is 16.5. The molecule has 0 aromatic rings. The summed E-state index contributed by atoms with van der Waals surface area (Å²) in [5, 5.41) is 9.03. The molecule has 3 N–H and O–H groups in total. The fourth-order valence-electron chi connectivity index (χ4n) is 1.84. The van der Waals surface area contributed by atoms with E-state index in [9.17, 15) is 4.79 Å². The maximum atomic E-state index is 11.0. The first-order valence-corrected chi connectivity index (χ1v) is 5.18. The second-order valence-corrected chi connectivity index (χ2v) is 4.83. The Kier molecular flexibility index (Phi) is 3.70. The van der Waals surface area contributed by atoms with Crippen molar-refractivity contribution in [2.45, 2.75) is 38.5 Å². The van der Waals surface area contributed by atoms with Crippen LogP contribution in [0.2, 0.25) is 0 Å². The molecule has 0 saturated carbocycles. The lowest BCUT2D eigenvalue weighted by Gasteiger charge is -2.42. The topological polar surface area (TPSA) is 75.8 Å². The lowest BCUT2D eigenvalue weighted by atomic mass is 10.0. The molecule has 1 rings (SSSR count). The van der Waals surface area contributed by atoms with Gasteiger partial charge in [0.25, 0.3) is 0 Å². The van der Waals surface area contributed by atoms with Crippen LogP contribution in [-0.4, -0.2) is 53.4 Å². The number of carbonyl (C=O) groups is 1. The molecule has 1 fully saturated rings. The van der Waals surface area contributed by atoms with Crippen LogP contribution >= 0.6 is 0 Å². The van der Waals surface area contributed by atoms with E-state index in [-0.39, 0.29) is 18.2 Å². The molecule has 0 bridgehead atoms. The third kappa shape index (κ3) is 3.44. The largest absolute Gasteiger partial charge is 0.480 e. The van der Waals surface area contributed by atoms with E-state index < -0.39 is 12.0 Å². The number of nitrogens with two attached hydrogens (primary N) is 1. The molecule has 2 atom stereocenters. The fraction of sp³-hybridized carbons (Fsp3) is 0.900. The highest BCUT2D eigenvalue weighted by molar-refractivity contribution is 5.73. The van der Waals surface area contributed by atoms with Crippen LogP contribution in [0.25, 0.3) is 0 Å². The second-order valence-electron chi connectivity index (χ2n) is 4.83. The number of carboxylic acid groups (broad SMARTS) is 1. The lowest BCUT2D eigenvalue weighted by Crippen LogP contribution is -2.58. The molecular weight excluding hydrogens is 196 g/mol. The predicted octanol–water partition coefficient (Wildman–Crippen LogP) is -0.102. The zero-order valence-electron chi connectivity index (χ0n) is 9.56. The van der Waals surface area contributed by atoms with E-state index in [2.05, 4.69) is 0 Å². The van der Waals surface area contributed by atoms with Gasteiger partial charge in [-0.3, -0.25) is 9.69 Å². The Morgan fingerprint density at radius 1 is 1.73 bits per heavy atom. The Bertz CT molecular complexity index is 241. The molecule has 0 aromatic carbocycles. The molecule has 1 aliphatic rings. The van der Waals surface area contributed by atoms with Crippen molar-refractivity contribution in [2.24, 2.45) is 5.73 Å². The van der Waals surface area contributed by atoms with Gasteiger partial charge in [0.2, 0.25) is 0 Å². The lowest BCUT2D eigenvalue weighted by molar-refractivity contribution is -0.162. The second kappa shape index (κ2) is 4.47. The van der Waals surface area contributed by atoms with Crippen LogP contribution in [0.3, 0.4) is 0 Å². The van der Waals surface area contributed by atoms with Crippen LogP contribution < -0.4 is 5.73 Å². The average Bonchev–Trinajstić information content (AvgIpc) is 1.99. The van der Waals surface area contributed by atoms with E-state index in [1.807, 2.05) is 25.7 Å². The number of hydrogen-bond acceptors (Lipinski definition) is 4. The van der Waals surface area contributed by atoms with E-state index in [4.69, 9.17) is 15.6 Å². The molecule has 2 unspecified atom stereocenters. The van der Waals surface area contributed by atoms with Crippen LogP contribution in [0, 0.1) is 0 Å². The van der Waals surface area contributed by atoms with Gasteiger partial charge in [-0.1, -0.05) is 0 Å². The van der Waals surface area contributed by atoms with Crippen LogP contribution in [0.4, 0.5) is 0 Å². The highest BCUT2D eigenvalue weighted by Gasteiger charge is 2.37. The molecule has 0 radical (unpaired) electrons. The molecule has 88 valence electrons. The van der Waals surface area contributed by atoms with Gasteiger partial charge in [0.1, 0.15) is 6.04 Å². The number of ether oxygens (including phenoxy) is 1. The number of aliphatic carboxylic acids is 1. The van der Waals surface area contributed by atoms with Crippen molar-refractivity contribution in [1.82, 2.24) is 4.90 Å². The van der Waals surface area contributed by atoms with E-state index >= 15 is 0 Å². The maximum absolute atomic E-state index is 11.0. The third-order valence-electron chi connectivity index (χ3n) is 2.46. The van der Waals surface area contributed by atoms with E-state index in [1.165, 1.54) is 0 Å². The van der Waals surface area contributed by atoms with Crippen LogP contribution in [-0.2, 0) is 9.53 Å². The minimum atomic E-state index is -0.842. The molecule has 5 heteroatoms. The molecule has 15 heavy (non-hydrogen) atoms. The molecule has 0 amide bonds. The summed E-state index contributed by atoms with van der Waals surface area (Å²) >= 11 is 0. The standard InChI is InChI=1S/C10H20N2O3/c1-7(11)4-12-6-10(2,3)15-5-8(12)9(13)14/h7-8H,4-6,11H2,1-3H3,(H,13,14). The van der Waals surface area contributed by atoms with Crippen LogP contribution in [0.15, 0.2) is 0 Å². The van der Waals surface area contributed by atoms with Crippen molar-refractivity contribution in [3.05, 3.63) is 0 Å². The number of carboxylic acids is 1. The highest BCUT2D eigenvalue weighted by Crippen LogP contribution is 2.20. The van der Waals surface area contributed by atoms with Gasteiger partial charge in [-0.2, -0.15) is 0 Å². The molecule has 0 spiro atoms. The molecule has 1 aliphatic heterocycles. The van der Waals surface area contributed by atoms with Crippen molar-refractivity contribution < 1.29 is 14.6 Å². The van der Waals surface area contributed by atoms with Gasteiger partial charge < -0.3 is 15.6 Å². The Morgan fingerprint density at radius 2 is 2.33 bits per heavy atom. The minimum absolute atomic E-state index is 0.0271. The maximum Gasteiger partial charge on any atom is 0.323 e. The van der Waals surface area contributed by atoms with Gasteiger partial charge in [0.05, 0.1) is 12.2 Å². The molecule has 5 nitrogen and oxygen atoms in total. The van der Waals surface area contributed by atoms with Crippen LogP contribution in [0.1, 0.15) is 20.8 Å². The Balaban J connectivity index is 2.69. The smallest absolute Gasteiger partial charge is 0.323 e. The fourth-order valence-corrected chi connectivity index (χ4v) is 1.84. The molecule has 0 aromatic heterocycles. The van der Waals surface area contributed by atoms with Crippen molar-refractivity contribution in [3.63, 3.8) is 0 Å². The Morgan fingerprint density at radius 3 is 2.80 bits per heavy atom. The first-order valence-electron chi connectivity index (χ1n) is 5.18. The van der Waals surface area contributed by atoms with Gasteiger partial charge in [0, 0.05) is 19.1 Å². The van der Waals surface area contributed by atoms with E-state index in [0.29, 0.717) is 13.1 Å². The third-order valence-corrected chi connectivity index (χ3v) is 2.46. The van der Waals surface area contributed by atoms with Gasteiger partial charge >= 0.3 is 5.97 Å². The van der Waals surface area contributed by atoms with Gasteiger partial charge in [-0.05, 0) is 20.8 Å². The summed E-state index contributed by atoms with van der Waals surface area (Å²) in [5.74, 6) is -0.842. The number of morpholine rings is 1. The average molecular weight is 216 g/mol. The van der Waals surface area contributed by atoms with Crippen molar-refractivity contribution in [3.8, 4) is 0 Å². The summed E-state index contributed by atoms with van der Waals surface area (Å²) in [7, 11) is 0. The van der Waals surface area contributed by atoms with Gasteiger partial charge in [-0.15, -0.1) is 0 Å². The molecular formula is C10H20N2O3. The molecule has 0 aliphatic carbocycles. The summed E-state index contributed by atoms with van der Waals surface area (Å²) in [6.07, 6.45) is 0. The molecule has 1 heterocycles. The SMILES string of the molecule is CC(N)CN1CC(C)(C)OCC1C(=O)O.